The van der Waals surface area contributed by atoms with Crippen molar-refractivity contribution in [1.29, 1.82) is 5.26 Å². The molecule has 1 N–H and O–H groups in total. The average molecular weight is 298 g/mol. The zero-order valence-electron chi connectivity index (χ0n) is 8.86. The molecule has 0 saturated carbocycles. The molecule has 7 heteroatoms. The van der Waals surface area contributed by atoms with Crippen molar-refractivity contribution < 1.29 is 9.72 Å². The van der Waals surface area contributed by atoms with Crippen molar-refractivity contribution in [3.63, 3.8) is 0 Å². The Morgan fingerprint density at radius 3 is 2.82 bits per heavy atom. The molecule has 88 valence electrons. The molecule has 0 fully saturated rings. The molecule has 0 aliphatic carbocycles. The smallest absolute Gasteiger partial charge is 0.274 e. The van der Waals surface area contributed by atoms with Crippen LogP contribution in [-0.2, 0) is 4.79 Å². The standard InChI is InChI=1S/C10H8BrN3O3/c1-6-4-7(11)8(5-9(6)14(16)17)13-10(15)2-3-12/h4-5H,2H2,1H3,(H,13,15). The zero-order chi connectivity index (χ0) is 13.0. The Bertz CT molecular complexity index is 522. The Labute approximate surface area is 106 Å². The average Bonchev–Trinajstić information content (AvgIpc) is 2.21. The maximum Gasteiger partial charge on any atom is 0.274 e. The van der Waals surface area contributed by atoms with E-state index in [1.165, 1.54) is 6.07 Å². The number of rotatable bonds is 3. The SMILES string of the molecule is Cc1cc(Br)c(NC(=O)CC#N)cc1[N+](=O)[O-]. The molecule has 0 unspecified atom stereocenters. The number of nitriles is 1. The second kappa shape index (κ2) is 5.41. The van der Waals surface area contributed by atoms with Gasteiger partial charge >= 0.3 is 0 Å². The number of hydrogen-bond acceptors (Lipinski definition) is 4. The number of amides is 1. The van der Waals surface area contributed by atoms with Crippen LogP contribution in [0.2, 0.25) is 0 Å². The number of nitro benzene ring substituents is 1. The van der Waals surface area contributed by atoms with Crippen molar-refractivity contribution in [1.82, 2.24) is 0 Å². The largest absolute Gasteiger partial charge is 0.324 e. The fraction of sp³-hybridized carbons (Fsp3) is 0.200. The van der Waals surface area contributed by atoms with Gasteiger partial charge in [0, 0.05) is 16.1 Å². The maximum absolute atomic E-state index is 11.2. The lowest BCUT2D eigenvalue weighted by Crippen LogP contribution is -2.11. The van der Waals surface area contributed by atoms with Gasteiger partial charge in [0.05, 0.1) is 16.7 Å². The van der Waals surface area contributed by atoms with Crippen LogP contribution in [0.15, 0.2) is 16.6 Å². The lowest BCUT2D eigenvalue weighted by Gasteiger charge is -2.07. The molecule has 0 saturated heterocycles. The third-order valence-electron chi connectivity index (χ3n) is 2.00. The van der Waals surface area contributed by atoms with E-state index in [-0.39, 0.29) is 17.8 Å². The topological polar surface area (TPSA) is 96.0 Å². The van der Waals surface area contributed by atoms with E-state index in [4.69, 9.17) is 5.26 Å². The summed E-state index contributed by atoms with van der Waals surface area (Å²) in [6, 6.07) is 4.50. The summed E-state index contributed by atoms with van der Waals surface area (Å²) in [4.78, 5) is 21.4. The van der Waals surface area contributed by atoms with Crippen molar-refractivity contribution in [2.24, 2.45) is 0 Å². The van der Waals surface area contributed by atoms with Gasteiger partial charge in [-0.25, -0.2) is 0 Å². The number of nitrogens with one attached hydrogen (secondary N) is 1. The number of anilines is 1. The lowest BCUT2D eigenvalue weighted by atomic mass is 10.2. The summed E-state index contributed by atoms with van der Waals surface area (Å²) in [6.07, 6.45) is -0.298. The molecule has 17 heavy (non-hydrogen) atoms. The number of nitrogens with zero attached hydrogens (tertiary/aromatic N) is 2. The van der Waals surface area contributed by atoms with Gasteiger partial charge in [0.25, 0.3) is 5.69 Å². The summed E-state index contributed by atoms with van der Waals surface area (Å²) in [5.74, 6) is -0.508. The minimum atomic E-state index is -0.526. The van der Waals surface area contributed by atoms with E-state index in [2.05, 4.69) is 21.2 Å². The monoisotopic (exact) mass is 297 g/mol. The van der Waals surface area contributed by atoms with Crippen molar-refractivity contribution in [2.75, 3.05) is 5.32 Å². The van der Waals surface area contributed by atoms with Crippen molar-refractivity contribution in [3.05, 3.63) is 32.3 Å². The number of benzene rings is 1. The van der Waals surface area contributed by atoms with E-state index in [1.807, 2.05) is 0 Å². The summed E-state index contributed by atoms with van der Waals surface area (Å²) in [6.45, 7) is 1.60. The Hall–Kier alpha value is -1.94. The molecule has 0 heterocycles. The maximum atomic E-state index is 11.2. The summed E-state index contributed by atoms with van der Waals surface area (Å²) in [5, 5.41) is 21.5. The van der Waals surface area contributed by atoms with Crippen LogP contribution in [-0.4, -0.2) is 10.8 Å². The van der Waals surface area contributed by atoms with E-state index in [9.17, 15) is 14.9 Å². The molecule has 0 spiro atoms. The van der Waals surface area contributed by atoms with Crippen molar-refractivity contribution >= 4 is 33.2 Å². The molecular formula is C10H8BrN3O3. The molecule has 1 aromatic carbocycles. The first-order chi connectivity index (χ1) is 7.95. The highest BCUT2D eigenvalue weighted by molar-refractivity contribution is 9.10. The van der Waals surface area contributed by atoms with Crippen LogP contribution < -0.4 is 5.32 Å². The molecule has 0 bridgehead atoms. The summed E-state index contributed by atoms with van der Waals surface area (Å²) in [5.41, 5.74) is 0.683. The first-order valence-electron chi connectivity index (χ1n) is 4.57. The fourth-order valence-electron chi connectivity index (χ4n) is 1.22. The Kier molecular flexibility index (Phi) is 4.17. The highest BCUT2D eigenvalue weighted by atomic mass is 79.9. The number of nitro groups is 1. The predicted molar refractivity (Wildman–Crippen MR) is 64.4 cm³/mol. The Balaban J connectivity index is 3.09. The normalized spacial score (nSPS) is 9.47. The van der Waals surface area contributed by atoms with Crippen LogP contribution in [0.25, 0.3) is 0 Å². The molecule has 1 aromatic rings. The van der Waals surface area contributed by atoms with E-state index in [0.717, 1.165) is 0 Å². The summed E-state index contributed by atoms with van der Waals surface area (Å²) in [7, 11) is 0. The van der Waals surface area contributed by atoms with Crippen LogP contribution in [0.4, 0.5) is 11.4 Å². The van der Waals surface area contributed by atoms with Crippen molar-refractivity contribution in [2.45, 2.75) is 13.3 Å². The molecule has 0 atom stereocenters. The zero-order valence-corrected chi connectivity index (χ0v) is 10.4. The van der Waals surface area contributed by atoms with Crippen molar-refractivity contribution in [3.8, 4) is 6.07 Å². The van der Waals surface area contributed by atoms with Crippen LogP contribution >= 0.6 is 15.9 Å². The molecular weight excluding hydrogens is 290 g/mol. The molecule has 1 amide bonds. The quantitative estimate of drug-likeness (QED) is 0.685. The van der Waals surface area contributed by atoms with Gasteiger partial charge in [0.2, 0.25) is 5.91 Å². The predicted octanol–water partition coefficient (Wildman–Crippen LogP) is 2.52. The first-order valence-corrected chi connectivity index (χ1v) is 5.36. The van der Waals surface area contributed by atoms with Gasteiger partial charge in [-0.05, 0) is 28.9 Å². The van der Waals surface area contributed by atoms with Crippen LogP contribution in [0.1, 0.15) is 12.0 Å². The van der Waals surface area contributed by atoms with Gasteiger partial charge in [-0.15, -0.1) is 0 Å². The Morgan fingerprint density at radius 2 is 2.29 bits per heavy atom. The van der Waals surface area contributed by atoms with E-state index in [1.54, 1.807) is 19.1 Å². The number of hydrogen-bond donors (Lipinski definition) is 1. The Morgan fingerprint density at radius 1 is 1.65 bits per heavy atom. The van der Waals surface area contributed by atoms with E-state index in [0.29, 0.717) is 10.0 Å². The van der Waals surface area contributed by atoms with Crippen LogP contribution in [0.3, 0.4) is 0 Å². The number of halogens is 1. The third-order valence-corrected chi connectivity index (χ3v) is 2.65. The van der Waals surface area contributed by atoms with Gasteiger partial charge in [0.15, 0.2) is 0 Å². The molecule has 0 aliphatic heterocycles. The number of carbonyl (C=O) groups excluding carboxylic acids is 1. The summed E-state index contributed by atoms with van der Waals surface area (Å²) < 4.78 is 0.534. The number of carbonyl (C=O) groups is 1. The minimum Gasteiger partial charge on any atom is -0.324 e. The summed E-state index contributed by atoms with van der Waals surface area (Å²) >= 11 is 3.19. The third kappa shape index (κ3) is 3.26. The minimum absolute atomic E-state index is 0.0829. The van der Waals surface area contributed by atoms with Crippen LogP contribution in [0.5, 0.6) is 0 Å². The van der Waals surface area contributed by atoms with E-state index >= 15 is 0 Å². The highest BCUT2D eigenvalue weighted by Gasteiger charge is 2.15. The number of aryl methyl sites for hydroxylation is 1. The van der Waals surface area contributed by atoms with Crippen LogP contribution in [0, 0.1) is 28.4 Å². The molecule has 6 nitrogen and oxygen atoms in total. The molecule has 0 radical (unpaired) electrons. The van der Waals surface area contributed by atoms with Gasteiger partial charge in [-0.1, -0.05) is 0 Å². The second-order valence-electron chi connectivity index (χ2n) is 3.26. The van der Waals surface area contributed by atoms with Gasteiger partial charge in [-0.3, -0.25) is 14.9 Å². The molecule has 0 aliphatic rings. The fourth-order valence-corrected chi connectivity index (χ4v) is 1.78. The lowest BCUT2D eigenvalue weighted by molar-refractivity contribution is -0.385. The first kappa shape index (κ1) is 13.1. The van der Waals surface area contributed by atoms with Gasteiger partial charge in [0.1, 0.15) is 6.42 Å². The molecule has 0 aromatic heterocycles. The highest BCUT2D eigenvalue weighted by Crippen LogP contribution is 2.30. The second-order valence-corrected chi connectivity index (χ2v) is 4.11. The van der Waals surface area contributed by atoms with E-state index < -0.39 is 10.8 Å². The molecule has 1 rings (SSSR count). The van der Waals surface area contributed by atoms with Gasteiger partial charge in [-0.2, -0.15) is 5.26 Å². The van der Waals surface area contributed by atoms with Gasteiger partial charge < -0.3 is 5.32 Å².